The van der Waals surface area contributed by atoms with Crippen LogP contribution in [-0.4, -0.2) is 19.5 Å². The Balaban J connectivity index is 1.23. The van der Waals surface area contributed by atoms with Gasteiger partial charge >= 0.3 is 0 Å². The summed E-state index contributed by atoms with van der Waals surface area (Å²) in [7, 11) is 0. The van der Waals surface area contributed by atoms with Gasteiger partial charge in [-0.25, -0.2) is 15.0 Å². The number of hydrogen-bond donors (Lipinski definition) is 0. The minimum Gasteiger partial charge on any atom is -0.456 e. The van der Waals surface area contributed by atoms with E-state index in [0.29, 0.717) is 17.5 Å². The first-order valence-corrected chi connectivity index (χ1v) is 18.4. The van der Waals surface area contributed by atoms with E-state index in [0.717, 1.165) is 93.4 Å². The predicted molar refractivity (Wildman–Crippen MR) is 223 cm³/mol. The van der Waals surface area contributed by atoms with E-state index in [1.54, 1.807) is 0 Å². The molecule has 4 heterocycles. The van der Waals surface area contributed by atoms with Gasteiger partial charge in [0.05, 0.1) is 22.3 Å². The van der Waals surface area contributed by atoms with Gasteiger partial charge in [-0.3, -0.25) is 0 Å². The monoisotopic (exact) mass is 704 g/mol. The molecule has 4 aromatic heterocycles. The average Bonchev–Trinajstić information content (AvgIpc) is 3.93. The zero-order chi connectivity index (χ0) is 36.0. The molecule has 0 fully saturated rings. The Kier molecular flexibility index (Phi) is 6.24. The number of aromatic nitrogens is 4. The van der Waals surface area contributed by atoms with Crippen molar-refractivity contribution in [2.75, 3.05) is 0 Å². The summed E-state index contributed by atoms with van der Waals surface area (Å²) in [5.41, 5.74) is 8.82. The fraction of sp³-hybridized carbons (Fsp3) is 0. The smallest absolute Gasteiger partial charge is 0.167 e. The van der Waals surface area contributed by atoms with Crippen molar-refractivity contribution in [2.24, 2.45) is 0 Å². The van der Waals surface area contributed by atoms with Crippen LogP contribution in [0.5, 0.6) is 0 Å². The van der Waals surface area contributed by atoms with Gasteiger partial charge in [0.1, 0.15) is 22.3 Å². The molecule has 0 amide bonds. The largest absolute Gasteiger partial charge is 0.456 e. The average molecular weight is 705 g/mol. The molecule has 256 valence electrons. The second-order valence-corrected chi connectivity index (χ2v) is 14.0. The first-order valence-electron chi connectivity index (χ1n) is 18.4. The molecule has 55 heavy (non-hydrogen) atoms. The van der Waals surface area contributed by atoms with Crippen LogP contribution in [-0.2, 0) is 0 Å². The molecule has 0 radical (unpaired) electrons. The highest BCUT2D eigenvalue weighted by Crippen LogP contribution is 2.43. The molecule has 0 saturated carbocycles. The van der Waals surface area contributed by atoms with Gasteiger partial charge in [-0.15, -0.1) is 0 Å². The molecule has 0 N–H and O–H groups in total. The zero-order valence-electron chi connectivity index (χ0n) is 29.3. The summed E-state index contributed by atoms with van der Waals surface area (Å²) in [5, 5.41) is 8.74. The lowest BCUT2D eigenvalue weighted by atomic mass is 10.0. The number of furan rings is 2. The molecule has 8 aromatic carbocycles. The van der Waals surface area contributed by atoms with E-state index in [-0.39, 0.29) is 0 Å². The summed E-state index contributed by atoms with van der Waals surface area (Å²) in [5.74, 6) is 1.65. The van der Waals surface area contributed by atoms with Crippen molar-refractivity contribution in [2.45, 2.75) is 0 Å². The van der Waals surface area contributed by atoms with E-state index in [9.17, 15) is 0 Å². The highest BCUT2D eigenvalue weighted by molar-refractivity contribution is 6.19. The number of nitrogens with zero attached hydrogens (tertiary/aromatic N) is 4. The highest BCUT2D eigenvalue weighted by Gasteiger charge is 2.24. The Labute approximate surface area is 313 Å². The maximum absolute atomic E-state index is 6.58. The Hall–Kier alpha value is -7.57. The summed E-state index contributed by atoms with van der Waals surface area (Å²) in [6.45, 7) is 0. The quantitative estimate of drug-likeness (QED) is 0.182. The van der Waals surface area contributed by atoms with Gasteiger partial charge in [0.15, 0.2) is 17.5 Å². The van der Waals surface area contributed by atoms with E-state index in [2.05, 4.69) is 95.6 Å². The molecule has 6 nitrogen and oxygen atoms in total. The van der Waals surface area contributed by atoms with Crippen LogP contribution in [0.15, 0.2) is 179 Å². The lowest BCUT2D eigenvalue weighted by molar-refractivity contribution is 0.668. The maximum atomic E-state index is 6.58. The Morgan fingerprint density at radius 3 is 1.85 bits per heavy atom. The van der Waals surface area contributed by atoms with Gasteiger partial charge in [-0.05, 0) is 35.7 Å². The van der Waals surface area contributed by atoms with Gasteiger partial charge in [-0.2, -0.15) is 0 Å². The van der Waals surface area contributed by atoms with Crippen LogP contribution in [0.2, 0.25) is 0 Å². The SMILES string of the molecule is c1ccc(-c2nc(-c3cc4c(cc3-n3c5ccccc5c5ccc6ccccc6c53)oc3ccccc34)nc(-c3cccc4c3oc3ccccc34)n2)cc1. The molecule has 0 aliphatic carbocycles. The van der Waals surface area contributed by atoms with Crippen LogP contribution < -0.4 is 0 Å². The Morgan fingerprint density at radius 2 is 1.02 bits per heavy atom. The third-order valence-corrected chi connectivity index (χ3v) is 10.8. The summed E-state index contributed by atoms with van der Waals surface area (Å²) in [6, 6.07) is 58.5. The molecule has 6 heteroatoms. The standard InChI is InChI=1S/C49H28N4O2/c1-2-14-30(15-3-1)47-50-48(37-21-12-20-36-33-18-7-11-24-43(33)55-46(36)37)52-49(51-47)39-27-38-34-19-8-10-23-42(34)54-44(38)28-41(39)53-40-22-9-6-17-32(40)35-26-25-29-13-4-5-16-31(29)45(35)53/h1-28H. The van der Waals surface area contributed by atoms with Crippen molar-refractivity contribution in [1.29, 1.82) is 0 Å². The highest BCUT2D eigenvalue weighted by atomic mass is 16.3. The predicted octanol–water partition coefficient (Wildman–Crippen LogP) is 12.9. The van der Waals surface area contributed by atoms with Crippen LogP contribution in [0.4, 0.5) is 0 Å². The minimum absolute atomic E-state index is 0.532. The van der Waals surface area contributed by atoms with Crippen molar-refractivity contribution in [3.05, 3.63) is 170 Å². The summed E-state index contributed by atoms with van der Waals surface area (Å²) in [4.78, 5) is 15.8. The summed E-state index contributed by atoms with van der Waals surface area (Å²) < 4.78 is 15.5. The second kappa shape index (κ2) is 11.5. The molecule has 12 rings (SSSR count). The number of hydrogen-bond acceptors (Lipinski definition) is 5. The Morgan fingerprint density at radius 1 is 0.382 bits per heavy atom. The number of fused-ring (bicyclic) bond motifs is 11. The van der Waals surface area contributed by atoms with E-state index >= 15 is 0 Å². The van der Waals surface area contributed by atoms with Gasteiger partial charge in [0, 0.05) is 54.9 Å². The number of para-hydroxylation sites is 4. The van der Waals surface area contributed by atoms with E-state index < -0.39 is 0 Å². The van der Waals surface area contributed by atoms with Crippen LogP contribution in [0, 0.1) is 0 Å². The van der Waals surface area contributed by atoms with E-state index in [4.69, 9.17) is 23.8 Å². The first-order chi connectivity index (χ1) is 27.3. The third-order valence-electron chi connectivity index (χ3n) is 10.8. The molecular formula is C49H28N4O2. The lowest BCUT2D eigenvalue weighted by Gasteiger charge is -2.16. The number of rotatable bonds is 4. The molecule has 0 atom stereocenters. The summed E-state index contributed by atoms with van der Waals surface area (Å²) in [6.07, 6.45) is 0. The topological polar surface area (TPSA) is 69.9 Å². The van der Waals surface area contributed by atoms with E-state index in [1.807, 2.05) is 78.9 Å². The van der Waals surface area contributed by atoms with E-state index in [1.165, 1.54) is 5.39 Å². The molecule has 0 saturated heterocycles. The van der Waals surface area contributed by atoms with Crippen LogP contribution in [0.1, 0.15) is 0 Å². The molecule has 0 spiro atoms. The fourth-order valence-electron chi connectivity index (χ4n) is 8.36. The normalized spacial score (nSPS) is 12.0. The fourth-order valence-corrected chi connectivity index (χ4v) is 8.36. The molecular weight excluding hydrogens is 677 g/mol. The van der Waals surface area contributed by atoms with Gasteiger partial charge in [-0.1, -0.05) is 133 Å². The summed E-state index contributed by atoms with van der Waals surface area (Å²) >= 11 is 0. The van der Waals surface area contributed by atoms with Gasteiger partial charge < -0.3 is 13.4 Å². The van der Waals surface area contributed by atoms with Gasteiger partial charge in [0.25, 0.3) is 0 Å². The second-order valence-electron chi connectivity index (χ2n) is 14.0. The first kappa shape index (κ1) is 29.9. The minimum atomic E-state index is 0.532. The van der Waals surface area contributed by atoms with Crippen LogP contribution in [0.3, 0.4) is 0 Å². The third kappa shape index (κ3) is 4.46. The maximum Gasteiger partial charge on any atom is 0.167 e. The Bertz CT molecular complexity index is 3500. The van der Waals surface area contributed by atoms with Crippen molar-refractivity contribution >= 4 is 76.5 Å². The van der Waals surface area contributed by atoms with Crippen molar-refractivity contribution in [3.63, 3.8) is 0 Å². The van der Waals surface area contributed by atoms with Crippen molar-refractivity contribution < 1.29 is 8.83 Å². The number of benzene rings is 8. The van der Waals surface area contributed by atoms with Crippen LogP contribution in [0.25, 0.3) is 116 Å². The molecule has 12 aromatic rings. The van der Waals surface area contributed by atoms with Crippen LogP contribution >= 0.6 is 0 Å². The molecule has 0 aliphatic rings. The van der Waals surface area contributed by atoms with Crippen molar-refractivity contribution in [1.82, 2.24) is 19.5 Å². The van der Waals surface area contributed by atoms with Gasteiger partial charge in [0.2, 0.25) is 0 Å². The molecule has 0 unspecified atom stereocenters. The lowest BCUT2D eigenvalue weighted by Crippen LogP contribution is -2.04. The van der Waals surface area contributed by atoms with Crippen molar-refractivity contribution in [3.8, 4) is 39.9 Å². The molecule has 0 aliphatic heterocycles. The zero-order valence-corrected chi connectivity index (χ0v) is 29.3. The molecule has 0 bridgehead atoms.